The van der Waals surface area contributed by atoms with Gasteiger partial charge in [-0.1, -0.05) is 17.3 Å². The van der Waals surface area contributed by atoms with E-state index < -0.39 is 0 Å². The van der Waals surface area contributed by atoms with E-state index in [-0.39, 0.29) is 0 Å². The lowest BCUT2D eigenvalue weighted by Gasteiger charge is -1.81. The Morgan fingerprint density at radius 3 is 3.08 bits per heavy atom. The number of hydrogen-bond acceptors (Lipinski definition) is 4. The molecule has 0 N–H and O–H groups in total. The fourth-order valence-electron chi connectivity index (χ4n) is 1.04. The molecule has 2 rings (SSSR count). The van der Waals surface area contributed by atoms with Crippen LogP contribution < -0.4 is 0 Å². The fourth-order valence-corrected chi connectivity index (χ4v) is 1.87. The van der Waals surface area contributed by atoms with Crippen molar-refractivity contribution in [1.29, 1.82) is 0 Å². The van der Waals surface area contributed by atoms with Gasteiger partial charge in [0.05, 0.1) is 10.2 Å². The van der Waals surface area contributed by atoms with Crippen molar-refractivity contribution >= 4 is 27.8 Å². The molecule has 0 radical (unpaired) electrons. The third-order valence-electron chi connectivity index (χ3n) is 1.58. The van der Waals surface area contributed by atoms with Gasteiger partial charge in [0, 0.05) is 0 Å². The van der Waals surface area contributed by atoms with Gasteiger partial charge in [-0.25, -0.2) is 4.98 Å². The molecule has 0 saturated carbocycles. The number of aromatic nitrogens is 1. The van der Waals surface area contributed by atoms with Crippen molar-refractivity contribution in [2.75, 3.05) is 7.11 Å². The summed E-state index contributed by atoms with van der Waals surface area (Å²) in [5.74, 6) is 0. The summed E-state index contributed by atoms with van der Waals surface area (Å²) in [6, 6.07) is 7.99. The van der Waals surface area contributed by atoms with Gasteiger partial charge in [-0.05, 0) is 12.1 Å². The molecule has 0 aliphatic carbocycles. The minimum atomic E-state index is 0.864. The lowest BCUT2D eigenvalue weighted by atomic mass is 10.3. The lowest BCUT2D eigenvalue weighted by molar-refractivity contribution is 0.215. The zero-order valence-electron chi connectivity index (χ0n) is 7.10. The first-order chi connectivity index (χ1) is 6.40. The van der Waals surface area contributed by atoms with Crippen LogP contribution >= 0.6 is 11.3 Å². The smallest absolute Gasteiger partial charge is 0.139 e. The van der Waals surface area contributed by atoms with Crippen molar-refractivity contribution in [2.24, 2.45) is 5.16 Å². The minimum absolute atomic E-state index is 0.864. The van der Waals surface area contributed by atoms with Gasteiger partial charge >= 0.3 is 0 Å². The van der Waals surface area contributed by atoms with Crippen LogP contribution in [0.4, 0.5) is 0 Å². The molecule has 1 aromatic carbocycles. The average molecular weight is 192 g/mol. The second kappa shape index (κ2) is 3.53. The Kier molecular flexibility index (Phi) is 2.23. The maximum Gasteiger partial charge on any atom is 0.139 e. The number of fused-ring (bicyclic) bond motifs is 1. The maximum atomic E-state index is 4.58. The molecule has 0 bridgehead atoms. The molecule has 1 heterocycles. The number of hydrogen-bond donors (Lipinski definition) is 0. The summed E-state index contributed by atoms with van der Waals surface area (Å²) >= 11 is 1.60. The number of nitrogens with zero attached hydrogens (tertiary/aromatic N) is 2. The molecule has 0 atom stereocenters. The predicted octanol–water partition coefficient (Wildman–Crippen LogP) is 2.28. The number of rotatable bonds is 2. The highest BCUT2D eigenvalue weighted by Crippen LogP contribution is 2.19. The highest BCUT2D eigenvalue weighted by atomic mass is 32.1. The van der Waals surface area contributed by atoms with Crippen LogP contribution in [0.25, 0.3) is 10.2 Å². The van der Waals surface area contributed by atoms with Crippen LogP contribution in [-0.2, 0) is 4.84 Å². The first-order valence-corrected chi connectivity index (χ1v) is 4.64. The van der Waals surface area contributed by atoms with Crippen molar-refractivity contribution in [1.82, 2.24) is 4.98 Å². The Hall–Kier alpha value is -1.42. The molecule has 2 aromatic rings. The molecule has 4 heteroatoms. The molecule has 1 aromatic heterocycles. The van der Waals surface area contributed by atoms with E-state index in [4.69, 9.17) is 0 Å². The fraction of sp³-hybridized carbons (Fsp3) is 0.111. The summed E-state index contributed by atoms with van der Waals surface area (Å²) in [6.07, 6.45) is 1.62. The number of oxime groups is 1. The zero-order valence-corrected chi connectivity index (χ0v) is 7.91. The molecule has 13 heavy (non-hydrogen) atoms. The van der Waals surface area contributed by atoms with Gasteiger partial charge < -0.3 is 4.84 Å². The Balaban J connectivity index is 2.44. The van der Waals surface area contributed by atoms with Gasteiger partial charge in [-0.15, -0.1) is 11.3 Å². The Bertz CT molecular complexity index is 403. The summed E-state index contributed by atoms with van der Waals surface area (Å²) in [4.78, 5) is 8.92. The third-order valence-corrected chi connectivity index (χ3v) is 2.55. The summed E-state index contributed by atoms with van der Waals surface area (Å²) in [5.41, 5.74) is 1.00. The average Bonchev–Trinajstić information content (AvgIpc) is 2.57. The van der Waals surface area contributed by atoms with Crippen molar-refractivity contribution in [2.45, 2.75) is 0 Å². The van der Waals surface area contributed by atoms with Crippen LogP contribution in [0, 0.1) is 0 Å². The van der Waals surface area contributed by atoms with E-state index in [0.717, 1.165) is 10.5 Å². The van der Waals surface area contributed by atoms with E-state index in [1.54, 1.807) is 17.6 Å². The number of thiazole rings is 1. The largest absolute Gasteiger partial charge is 0.399 e. The van der Waals surface area contributed by atoms with Gasteiger partial charge in [0.1, 0.15) is 18.3 Å². The van der Waals surface area contributed by atoms with Crippen LogP contribution in [0.2, 0.25) is 0 Å². The van der Waals surface area contributed by atoms with Crippen LogP contribution in [0.3, 0.4) is 0 Å². The normalized spacial score (nSPS) is 11.2. The van der Waals surface area contributed by atoms with Crippen molar-refractivity contribution in [3.05, 3.63) is 29.3 Å². The molecular weight excluding hydrogens is 184 g/mol. The first kappa shape index (κ1) is 8.19. The Morgan fingerprint density at radius 2 is 2.31 bits per heavy atom. The van der Waals surface area contributed by atoms with E-state index in [9.17, 15) is 0 Å². The Labute approximate surface area is 79.7 Å². The Morgan fingerprint density at radius 1 is 1.46 bits per heavy atom. The summed E-state index contributed by atoms with van der Waals surface area (Å²) < 4.78 is 1.17. The minimum Gasteiger partial charge on any atom is -0.399 e. The predicted molar refractivity (Wildman–Crippen MR) is 54.2 cm³/mol. The lowest BCUT2D eigenvalue weighted by Crippen LogP contribution is -1.78. The molecule has 0 amide bonds. The van der Waals surface area contributed by atoms with Crippen LogP contribution in [-0.4, -0.2) is 18.3 Å². The molecular formula is C9H8N2OS. The standard InChI is InChI=1S/C9H8N2OS/c1-12-10-6-9-11-7-4-2-3-5-8(7)13-9/h2-6H,1H3/b10-6-. The monoisotopic (exact) mass is 192 g/mol. The summed E-state index contributed by atoms with van der Waals surface area (Å²) in [7, 11) is 1.52. The van der Waals surface area contributed by atoms with E-state index in [0.29, 0.717) is 0 Å². The van der Waals surface area contributed by atoms with E-state index >= 15 is 0 Å². The van der Waals surface area contributed by atoms with E-state index in [1.807, 2.05) is 24.3 Å². The molecule has 0 aliphatic rings. The SMILES string of the molecule is CO/N=C\c1nc2ccccc2s1. The molecule has 0 unspecified atom stereocenters. The van der Waals surface area contributed by atoms with Gasteiger partial charge in [0.25, 0.3) is 0 Å². The summed E-state index contributed by atoms with van der Waals surface area (Å²) in [5, 5.41) is 4.52. The molecule has 3 nitrogen and oxygen atoms in total. The van der Waals surface area contributed by atoms with Crippen molar-refractivity contribution < 1.29 is 4.84 Å². The molecule has 0 saturated heterocycles. The number of benzene rings is 1. The van der Waals surface area contributed by atoms with Crippen molar-refractivity contribution in [3.63, 3.8) is 0 Å². The molecule has 0 spiro atoms. The molecule has 0 aliphatic heterocycles. The molecule has 66 valence electrons. The molecule has 0 fully saturated rings. The topological polar surface area (TPSA) is 34.5 Å². The van der Waals surface area contributed by atoms with Gasteiger partial charge in [-0.3, -0.25) is 0 Å². The zero-order chi connectivity index (χ0) is 9.10. The number of para-hydroxylation sites is 1. The second-order valence-electron chi connectivity index (χ2n) is 2.44. The van der Waals surface area contributed by atoms with E-state index in [1.165, 1.54) is 11.8 Å². The van der Waals surface area contributed by atoms with E-state index in [2.05, 4.69) is 15.0 Å². The van der Waals surface area contributed by atoms with Gasteiger partial charge in [0.15, 0.2) is 0 Å². The van der Waals surface area contributed by atoms with Gasteiger partial charge in [0.2, 0.25) is 0 Å². The van der Waals surface area contributed by atoms with Crippen LogP contribution in [0.1, 0.15) is 5.01 Å². The van der Waals surface area contributed by atoms with Crippen molar-refractivity contribution in [3.8, 4) is 0 Å². The highest BCUT2D eigenvalue weighted by Gasteiger charge is 1.99. The highest BCUT2D eigenvalue weighted by molar-refractivity contribution is 7.20. The summed E-state index contributed by atoms with van der Waals surface area (Å²) in [6.45, 7) is 0. The first-order valence-electron chi connectivity index (χ1n) is 3.82. The van der Waals surface area contributed by atoms with Crippen LogP contribution in [0.15, 0.2) is 29.4 Å². The van der Waals surface area contributed by atoms with Crippen LogP contribution in [0.5, 0.6) is 0 Å². The quantitative estimate of drug-likeness (QED) is 0.540. The van der Waals surface area contributed by atoms with Gasteiger partial charge in [-0.2, -0.15) is 0 Å². The third kappa shape index (κ3) is 1.67. The maximum absolute atomic E-state index is 4.58. The second-order valence-corrected chi connectivity index (χ2v) is 3.50.